The maximum absolute atomic E-state index is 5.50. The van der Waals surface area contributed by atoms with Crippen molar-refractivity contribution in [2.24, 2.45) is 7.05 Å². The molecule has 2 aromatic heterocycles. The van der Waals surface area contributed by atoms with Crippen molar-refractivity contribution in [2.75, 3.05) is 5.73 Å². The molecule has 0 aliphatic heterocycles. The molecule has 0 aromatic carbocycles. The Balaban J connectivity index is 2.47. The average Bonchev–Trinajstić information content (AvgIpc) is 2.53. The van der Waals surface area contributed by atoms with Crippen LogP contribution in [0.15, 0.2) is 36.7 Å². The molecule has 2 N–H and O–H groups in total. The number of nitrogens with two attached hydrogens (primary N) is 1. The Bertz CT molecular complexity index is 400. The van der Waals surface area contributed by atoms with Crippen molar-refractivity contribution in [3.63, 3.8) is 0 Å². The normalized spacial score (nSPS) is 10.2. The molecule has 0 spiro atoms. The fourth-order valence-electron chi connectivity index (χ4n) is 1.32. The summed E-state index contributed by atoms with van der Waals surface area (Å²) in [6, 6.07) is 7.83. The number of pyridine rings is 1. The summed E-state index contributed by atoms with van der Waals surface area (Å²) in [6.45, 7) is 0. The zero-order chi connectivity index (χ0) is 9.26. The van der Waals surface area contributed by atoms with Crippen molar-refractivity contribution in [1.29, 1.82) is 0 Å². The lowest BCUT2D eigenvalue weighted by Gasteiger charge is -2.02. The van der Waals surface area contributed by atoms with Gasteiger partial charge in [-0.3, -0.25) is 0 Å². The molecule has 0 unspecified atom stereocenters. The standard InChI is InChI=1S/C10H11N3/c1-13-6-2-3-9(13)8-4-5-10(11)12-7-8/h2-7H,1H3,(H2,11,12). The molecule has 0 bridgehead atoms. The number of hydrogen-bond acceptors (Lipinski definition) is 2. The Morgan fingerprint density at radius 3 is 2.69 bits per heavy atom. The first-order chi connectivity index (χ1) is 6.27. The van der Waals surface area contributed by atoms with Crippen molar-refractivity contribution < 1.29 is 0 Å². The molecule has 0 aliphatic rings. The molecule has 2 heterocycles. The van der Waals surface area contributed by atoms with Crippen molar-refractivity contribution >= 4 is 5.82 Å². The van der Waals surface area contributed by atoms with Gasteiger partial charge in [0.1, 0.15) is 5.82 Å². The molecule has 0 radical (unpaired) electrons. The van der Waals surface area contributed by atoms with Gasteiger partial charge in [-0.15, -0.1) is 0 Å². The number of hydrogen-bond donors (Lipinski definition) is 1. The van der Waals surface area contributed by atoms with Crippen LogP contribution >= 0.6 is 0 Å². The monoisotopic (exact) mass is 173 g/mol. The van der Waals surface area contributed by atoms with Crippen LogP contribution in [0.25, 0.3) is 11.3 Å². The van der Waals surface area contributed by atoms with Gasteiger partial charge in [0.15, 0.2) is 0 Å². The van der Waals surface area contributed by atoms with Crippen molar-refractivity contribution in [1.82, 2.24) is 9.55 Å². The molecule has 0 saturated heterocycles. The number of nitrogens with zero attached hydrogens (tertiary/aromatic N) is 2. The quantitative estimate of drug-likeness (QED) is 0.712. The summed E-state index contributed by atoms with van der Waals surface area (Å²) in [5.74, 6) is 0.554. The van der Waals surface area contributed by atoms with Gasteiger partial charge < -0.3 is 10.3 Å². The molecule has 0 amide bonds. The predicted molar refractivity (Wildman–Crippen MR) is 53.1 cm³/mol. The molecule has 2 aromatic rings. The maximum atomic E-state index is 5.50. The highest BCUT2D eigenvalue weighted by atomic mass is 14.9. The molecule has 0 fully saturated rings. The summed E-state index contributed by atoms with van der Waals surface area (Å²) in [4.78, 5) is 4.04. The first kappa shape index (κ1) is 7.86. The molecule has 13 heavy (non-hydrogen) atoms. The first-order valence-electron chi connectivity index (χ1n) is 4.10. The fourth-order valence-corrected chi connectivity index (χ4v) is 1.32. The summed E-state index contributed by atoms with van der Waals surface area (Å²) in [6.07, 6.45) is 3.79. The zero-order valence-corrected chi connectivity index (χ0v) is 7.44. The minimum absolute atomic E-state index is 0.554. The van der Waals surface area contributed by atoms with Crippen LogP contribution in [0.1, 0.15) is 0 Å². The summed E-state index contributed by atoms with van der Waals surface area (Å²) >= 11 is 0. The average molecular weight is 173 g/mol. The van der Waals surface area contributed by atoms with Crippen molar-refractivity contribution in [3.05, 3.63) is 36.7 Å². The van der Waals surface area contributed by atoms with E-state index in [1.807, 2.05) is 42.1 Å². The summed E-state index contributed by atoms with van der Waals surface area (Å²) in [5.41, 5.74) is 7.73. The van der Waals surface area contributed by atoms with E-state index in [-0.39, 0.29) is 0 Å². The van der Waals surface area contributed by atoms with Gasteiger partial charge in [0, 0.05) is 30.7 Å². The largest absolute Gasteiger partial charge is 0.384 e. The van der Waals surface area contributed by atoms with Crippen LogP contribution < -0.4 is 5.73 Å². The number of nitrogen functional groups attached to an aromatic ring is 1. The Hall–Kier alpha value is -1.77. The Kier molecular flexibility index (Phi) is 1.77. The predicted octanol–water partition coefficient (Wildman–Crippen LogP) is 1.67. The molecule has 2 rings (SSSR count). The lowest BCUT2D eigenvalue weighted by molar-refractivity contribution is 0.936. The topological polar surface area (TPSA) is 43.8 Å². The molecule has 0 aliphatic carbocycles. The van der Waals surface area contributed by atoms with Crippen LogP contribution in [0, 0.1) is 0 Å². The minimum Gasteiger partial charge on any atom is -0.384 e. The Morgan fingerprint density at radius 2 is 2.15 bits per heavy atom. The second-order valence-corrected chi connectivity index (χ2v) is 2.98. The van der Waals surface area contributed by atoms with Gasteiger partial charge in [-0.05, 0) is 24.3 Å². The highest BCUT2D eigenvalue weighted by Crippen LogP contribution is 2.18. The van der Waals surface area contributed by atoms with Crippen LogP contribution in [-0.2, 0) is 7.05 Å². The minimum atomic E-state index is 0.554. The molecule has 3 nitrogen and oxygen atoms in total. The van der Waals surface area contributed by atoms with Crippen molar-refractivity contribution in [2.45, 2.75) is 0 Å². The molecular formula is C10H11N3. The third kappa shape index (κ3) is 1.40. The van der Waals surface area contributed by atoms with Gasteiger partial charge in [0.25, 0.3) is 0 Å². The van der Waals surface area contributed by atoms with E-state index < -0.39 is 0 Å². The Labute approximate surface area is 76.8 Å². The molecular weight excluding hydrogens is 162 g/mol. The van der Waals surface area contributed by atoms with Crippen LogP contribution in [0.4, 0.5) is 5.82 Å². The molecule has 0 saturated carbocycles. The molecule has 66 valence electrons. The maximum Gasteiger partial charge on any atom is 0.123 e. The molecule has 0 atom stereocenters. The number of anilines is 1. The van der Waals surface area contributed by atoms with Gasteiger partial charge in [0.05, 0.1) is 0 Å². The van der Waals surface area contributed by atoms with Crippen LogP contribution in [0.5, 0.6) is 0 Å². The van der Waals surface area contributed by atoms with Crippen LogP contribution in [0.2, 0.25) is 0 Å². The second kappa shape index (κ2) is 2.94. The van der Waals surface area contributed by atoms with E-state index in [9.17, 15) is 0 Å². The third-order valence-corrected chi connectivity index (χ3v) is 2.03. The van der Waals surface area contributed by atoms with E-state index in [1.54, 1.807) is 6.20 Å². The smallest absolute Gasteiger partial charge is 0.123 e. The van der Waals surface area contributed by atoms with Crippen LogP contribution in [-0.4, -0.2) is 9.55 Å². The van der Waals surface area contributed by atoms with E-state index >= 15 is 0 Å². The SMILES string of the molecule is Cn1cccc1-c1ccc(N)nc1. The van der Waals surface area contributed by atoms with Gasteiger partial charge in [-0.2, -0.15) is 0 Å². The van der Waals surface area contributed by atoms with Gasteiger partial charge >= 0.3 is 0 Å². The fraction of sp³-hybridized carbons (Fsp3) is 0.100. The van der Waals surface area contributed by atoms with E-state index in [2.05, 4.69) is 4.98 Å². The van der Waals surface area contributed by atoms with Crippen LogP contribution in [0.3, 0.4) is 0 Å². The third-order valence-electron chi connectivity index (χ3n) is 2.03. The second-order valence-electron chi connectivity index (χ2n) is 2.98. The van der Waals surface area contributed by atoms with E-state index in [0.29, 0.717) is 5.82 Å². The zero-order valence-electron chi connectivity index (χ0n) is 7.44. The van der Waals surface area contributed by atoms with E-state index in [0.717, 1.165) is 11.3 Å². The van der Waals surface area contributed by atoms with Crippen molar-refractivity contribution in [3.8, 4) is 11.3 Å². The number of aromatic nitrogens is 2. The lowest BCUT2D eigenvalue weighted by Crippen LogP contribution is -1.92. The first-order valence-corrected chi connectivity index (χ1v) is 4.10. The summed E-state index contributed by atoms with van der Waals surface area (Å²) in [5, 5.41) is 0. The number of aryl methyl sites for hydroxylation is 1. The van der Waals surface area contributed by atoms with E-state index in [1.165, 1.54) is 0 Å². The highest BCUT2D eigenvalue weighted by Gasteiger charge is 2.00. The lowest BCUT2D eigenvalue weighted by atomic mass is 10.2. The highest BCUT2D eigenvalue weighted by molar-refractivity contribution is 5.60. The van der Waals surface area contributed by atoms with Gasteiger partial charge in [-0.1, -0.05) is 0 Å². The van der Waals surface area contributed by atoms with Gasteiger partial charge in [0.2, 0.25) is 0 Å². The van der Waals surface area contributed by atoms with E-state index in [4.69, 9.17) is 5.73 Å². The summed E-state index contributed by atoms with van der Waals surface area (Å²) in [7, 11) is 2.01. The molecule has 3 heteroatoms. The summed E-state index contributed by atoms with van der Waals surface area (Å²) < 4.78 is 2.05. The number of rotatable bonds is 1. The Morgan fingerprint density at radius 1 is 1.31 bits per heavy atom. The van der Waals surface area contributed by atoms with Gasteiger partial charge in [-0.25, -0.2) is 4.98 Å².